The Labute approximate surface area is 120 Å². The summed E-state index contributed by atoms with van der Waals surface area (Å²) in [6.45, 7) is 11.9. The van der Waals surface area contributed by atoms with E-state index in [1.54, 1.807) is 0 Å². The number of likely N-dealkylation sites (tertiary alicyclic amines) is 1. The Morgan fingerprint density at radius 2 is 1.89 bits per heavy atom. The molecule has 2 unspecified atom stereocenters. The Kier molecular flexibility index (Phi) is 5.30. The molecule has 0 radical (unpaired) electrons. The average molecular weight is 266 g/mol. The highest BCUT2D eigenvalue weighted by Crippen LogP contribution is 2.41. The van der Waals surface area contributed by atoms with Crippen molar-refractivity contribution in [3.8, 4) is 0 Å². The van der Waals surface area contributed by atoms with Crippen molar-refractivity contribution < 1.29 is 0 Å². The molecule has 19 heavy (non-hydrogen) atoms. The van der Waals surface area contributed by atoms with Gasteiger partial charge in [0.15, 0.2) is 0 Å². The quantitative estimate of drug-likeness (QED) is 0.786. The minimum absolute atomic E-state index is 0.566. The van der Waals surface area contributed by atoms with Gasteiger partial charge < -0.3 is 5.32 Å². The molecule has 0 aromatic carbocycles. The van der Waals surface area contributed by atoms with Crippen molar-refractivity contribution in [2.45, 2.75) is 90.8 Å². The minimum Gasteiger partial charge on any atom is -0.314 e. The second-order valence-corrected chi connectivity index (χ2v) is 7.40. The average Bonchev–Trinajstić information content (AvgIpc) is 2.97. The van der Waals surface area contributed by atoms with Gasteiger partial charge in [-0.15, -0.1) is 0 Å². The topological polar surface area (TPSA) is 15.3 Å². The van der Waals surface area contributed by atoms with Gasteiger partial charge in [0.2, 0.25) is 0 Å². The summed E-state index contributed by atoms with van der Waals surface area (Å²) in [5.41, 5.74) is 0.566. The molecule has 1 saturated carbocycles. The third-order valence-corrected chi connectivity index (χ3v) is 5.49. The zero-order valence-electron chi connectivity index (χ0n) is 13.5. The van der Waals surface area contributed by atoms with E-state index >= 15 is 0 Å². The monoisotopic (exact) mass is 266 g/mol. The van der Waals surface area contributed by atoms with E-state index in [2.05, 4.69) is 37.9 Å². The number of hydrogen-bond acceptors (Lipinski definition) is 2. The second-order valence-electron chi connectivity index (χ2n) is 7.40. The molecule has 1 saturated heterocycles. The molecule has 2 heteroatoms. The van der Waals surface area contributed by atoms with E-state index in [-0.39, 0.29) is 0 Å². The Balaban J connectivity index is 1.99. The van der Waals surface area contributed by atoms with Gasteiger partial charge in [-0.2, -0.15) is 0 Å². The SMILES string of the molecule is CCC1CCC(C)N1CC1(CNC(C)C)CCCC1. The zero-order valence-corrected chi connectivity index (χ0v) is 13.5. The standard InChI is InChI=1S/C17H34N2/c1-5-16-9-8-15(4)19(16)13-17(10-6-7-11-17)12-18-14(2)3/h14-16,18H,5-13H2,1-4H3. The van der Waals surface area contributed by atoms with Crippen LogP contribution in [-0.4, -0.2) is 36.1 Å². The van der Waals surface area contributed by atoms with Gasteiger partial charge in [-0.1, -0.05) is 33.6 Å². The Morgan fingerprint density at radius 3 is 2.47 bits per heavy atom. The smallest absolute Gasteiger partial charge is 0.00962 e. The van der Waals surface area contributed by atoms with Gasteiger partial charge in [0, 0.05) is 31.2 Å². The molecule has 112 valence electrons. The summed E-state index contributed by atoms with van der Waals surface area (Å²) >= 11 is 0. The first kappa shape index (κ1) is 15.3. The molecule has 1 aliphatic heterocycles. The fraction of sp³-hybridized carbons (Fsp3) is 1.00. The van der Waals surface area contributed by atoms with Gasteiger partial charge >= 0.3 is 0 Å². The molecule has 0 amide bonds. The van der Waals surface area contributed by atoms with Crippen LogP contribution < -0.4 is 5.32 Å². The Morgan fingerprint density at radius 1 is 1.21 bits per heavy atom. The molecule has 2 fully saturated rings. The van der Waals surface area contributed by atoms with E-state index in [0.29, 0.717) is 11.5 Å². The Bertz CT molecular complexity index is 268. The lowest BCUT2D eigenvalue weighted by molar-refractivity contribution is 0.106. The van der Waals surface area contributed by atoms with Crippen LogP contribution in [0.25, 0.3) is 0 Å². The number of hydrogen-bond donors (Lipinski definition) is 1. The van der Waals surface area contributed by atoms with Crippen molar-refractivity contribution in [2.75, 3.05) is 13.1 Å². The molecule has 1 aliphatic carbocycles. The minimum atomic E-state index is 0.566. The first-order valence-electron chi connectivity index (χ1n) is 8.55. The van der Waals surface area contributed by atoms with Crippen LogP contribution in [0.4, 0.5) is 0 Å². The van der Waals surface area contributed by atoms with Gasteiger partial charge in [-0.3, -0.25) is 4.90 Å². The third kappa shape index (κ3) is 3.72. The van der Waals surface area contributed by atoms with Crippen LogP contribution in [0, 0.1) is 5.41 Å². The predicted octanol–water partition coefficient (Wildman–Crippen LogP) is 3.81. The normalized spacial score (nSPS) is 31.4. The van der Waals surface area contributed by atoms with Crippen molar-refractivity contribution in [3.05, 3.63) is 0 Å². The van der Waals surface area contributed by atoms with Gasteiger partial charge in [0.25, 0.3) is 0 Å². The van der Waals surface area contributed by atoms with Crippen molar-refractivity contribution >= 4 is 0 Å². The van der Waals surface area contributed by atoms with Crippen molar-refractivity contribution in [2.24, 2.45) is 5.41 Å². The maximum atomic E-state index is 3.72. The fourth-order valence-corrected chi connectivity index (χ4v) is 4.17. The highest BCUT2D eigenvalue weighted by atomic mass is 15.2. The van der Waals surface area contributed by atoms with Gasteiger partial charge in [0.05, 0.1) is 0 Å². The van der Waals surface area contributed by atoms with Crippen LogP contribution in [-0.2, 0) is 0 Å². The highest BCUT2D eigenvalue weighted by molar-refractivity contribution is 4.94. The lowest BCUT2D eigenvalue weighted by Gasteiger charge is -2.39. The molecule has 0 bridgehead atoms. The summed E-state index contributed by atoms with van der Waals surface area (Å²) in [7, 11) is 0. The largest absolute Gasteiger partial charge is 0.314 e. The van der Waals surface area contributed by atoms with Crippen LogP contribution in [0.1, 0.15) is 72.6 Å². The molecule has 2 rings (SSSR count). The van der Waals surface area contributed by atoms with Crippen LogP contribution in [0.5, 0.6) is 0 Å². The van der Waals surface area contributed by atoms with E-state index in [1.807, 2.05) is 0 Å². The predicted molar refractivity (Wildman–Crippen MR) is 83.5 cm³/mol. The summed E-state index contributed by atoms with van der Waals surface area (Å²) < 4.78 is 0. The Hall–Kier alpha value is -0.0800. The summed E-state index contributed by atoms with van der Waals surface area (Å²) in [6, 6.07) is 2.28. The summed E-state index contributed by atoms with van der Waals surface area (Å²) in [5, 5.41) is 3.72. The van der Waals surface area contributed by atoms with Gasteiger partial charge in [-0.05, 0) is 44.4 Å². The maximum Gasteiger partial charge on any atom is 0.00962 e. The number of nitrogens with zero attached hydrogens (tertiary/aromatic N) is 1. The van der Waals surface area contributed by atoms with E-state index in [0.717, 1.165) is 12.1 Å². The maximum absolute atomic E-state index is 3.72. The van der Waals surface area contributed by atoms with Crippen molar-refractivity contribution in [1.82, 2.24) is 10.2 Å². The van der Waals surface area contributed by atoms with Gasteiger partial charge in [0.1, 0.15) is 0 Å². The molecule has 1 heterocycles. The van der Waals surface area contributed by atoms with Crippen LogP contribution in [0.3, 0.4) is 0 Å². The molecule has 2 aliphatic rings. The van der Waals surface area contributed by atoms with Crippen LogP contribution >= 0.6 is 0 Å². The third-order valence-electron chi connectivity index (χ3n) is 5.49. The van der Waals surface area contributed by atoms with E-state index < -0.39 is 0 Å². The molecule has 2 atom stereocenters. The molecule has 0 aromatic heterocycles. The molecule has 2 nitrogen and oxygen atoms in total. The molecule has 0 spiro atoms. The van der Waals surface area contributed by atoms with Gasteiger partial charge in [-0.25, -0.2) is 0 Å². The first-order chi connectivity index (χ1) is 9.06. The lowest BCUT2D eigenvalue weighted by Crippen LogP contribution is -2.47. The lowest BCUT2D eigenvalue weighted by atomic mass is 9.84. The molecule has 1 N–H and O–H groups in total. The van der Waals surface area contributed by atoms with E-state index in [1.165, 1.54) is 58.0 Å². The van der Waals surface area contributed by atoms with E-state index in [4.69, 9.17) is 0 Å². The summed E-state index contributed by atoms with van der Waals surface area (Å²) in [4.78, 5) is 2.84. The molecular weight excluding hydrogens is 232 g/mol. The van der Waals surface area contributed by atoms with Crippen LogP contribution in [0.2, 0.25) is 0 Å². The highest BCUT2D eigenvalue weighted by Gasteiger charge is 2.39. The number of nitrogens with one attached hydrogen (secondary N) is 1. The first-order valence-corrected chi connectivity index (χ1v) is 8.55. The summed E-state index contributed by atoms with van der Waals surface area (Å²) in [6.07, 6.45) is 9.92. The van der Waals surface area contributed by atoms with Crippen molar-refractivity contribution in [3.63, 3.8) is 0 Å². The van der Waals surface area contributed by atoms with Crippen molar-refractivity contribution in [1.29, 1.82) is 0 Å². The summed E-state index contributed by atoms with van der Waals surface area (Å²) in [5.74, 6) is 0. The molecular formula is C17H34N2. The second kappa shape index (κ2) is 6.58. The molecule has 0 aromatic rings. The van der Waals surface area contributed by atoms with E-state index in [9.17, 15) is 0 Å². The zero-order chi connectivity index (χ0) is 13.9. The van der Waals surface area contributed by atoms with Crippen LogP contribution in [0.15, 0.2) is 0 Å². The number of rotatable bonds is 6. The fourth-order valence-electron chi connectivity index (χ4n) is 4.17.